The van der Waals surface area contributed by atoms with E-state index in [4.69, 9.17) is 11.5 Å². The number of benzene rings is 2. The summed E-state index contributed by atoms with van der Waals surface area (Å²) in [6.45, 7) is 1.56. The van der Waals surface area contributed by atoms with Crippen molar-refractivity contribution in [2.45, 2.75) is 18.0 Å². The molecule has 4 N–H and O–H groups in total. The van der Waals surface area contributed by atoms with Gasteiger partial charge in [0.2, 0.25) is 0 Å². The van der Waals surface area contributed by atoms with E-state index in [-0.39, 0.29) is 28.6 Å². The van der Waals surface area contributed by atoms with Crippen LogP contribution in [0.1, 0.15) is 21.5 Å². The van der Waals surface area contributed by atoms with Crippen LogP contribution in [0, 0.1) is 6.92 Å². The van der Waals surface area contributed by atoms with Gasteiger partial charge in [-0.25, -0.2) is 8.42 Å². The number of nitrogens with zero attached hydrogens (tertiary/aromatic N) is 2. The number of aryl methyl sites for hydroxylation is 1. The van der Waals surface area contributed by atoms with Gasteiger partial charge in [-0.2, -0.15) is 18.2 Å². The average molecular weight is 464 g/mol. The summed E-state index contributed by atoms with van der Waals surface area (Å²) in [6.07, 6.45) is -3.53. The lowest BCUT2D eigenvalue weighted by molar-refractivity contribution is -0.137. The molecular weight excluding hydrogens is 445 g/mol. The summed E-state index contributed by atoms with van der Waals surface area (Å²) < 4.78 is 62.9. The van der Waals surface area contributed by atoms with Gasteiger partial charge < -0.3 is 28.8 Å². The number of amides is 1. The van der Waals surface area contributed by atoms with Crippen LogP contribution < -0.4 is 28.8 Å². The molecule has 0 aliphatic carbocycles. The van der Waals surface area contributed by atoms with E-state index in [2.05, 4.69) is 4.99 Å². The molecule has 0 saturated carbocycles. The van der Waals surface area contributed by atoms with Crippen LogP contribution >= 0.6 is 0 Å². The van der Waals surface area contributed by atoms with Crippen LogP contribution in [0.3, 0.4) is 0 Å². The first kappa shape index (κ1) is 25.2. The van der Waals surface area contributed by atoms with E-state index in [0.29, 0.717) is 11.3 Å². The van der Waals surface area contributed by atoms with Gasteiger partial charge in [0.1, 0.15) is 0 Å². The normalized spacial score (nSPS) is 11.4. The van der Waals surface area contributed by atoms with Crippen LogP contribution in [0.4, 0.5) is 24.5 Å². The maximum absolute atomic E-state index is 12.8. The summed E-state index contributed by atoms with van der Waals surface area (Å²) >= 11 is 0. The second kappa shape index (κ2) is 8.92. The monoisotopic (exact) mass is 463 g/mol. The number of aliphatic imine (C=N–C) groups is 1. The number of guanidine groups is 1. The summed E-state index contributed by atoms with van der Waals surface area (Å²) in [6, 6.07) is 6.83. The number of hydrogen-bond acceptors (Lipinski definition) is 4. The molecule has 0 aromatic heterocycles. The minimum atomic E-state index is -4.49. The van der Waals surface area contributed by atoms with Crippen LogP contribution in [-0.2, 0) is 16.0 Å². The smallest absolute Gasteiger partial charge is 0.416 e. The van der Waals surface area contributed by atoms with Gasteiger partial charge in [-0.1, -0.05) is 0 Å². The first-order valence-corrected chi connectivity index (χ1v) is 10.0. The van der Waals surface area contributed by atoms with Crippen LogP contribution in [0.2, 0.25) is 0 Å². The molecular formula is C18H19ClF3N4O3S-. The lowest BCUT2D eigenvalue weighted by atomic mass is 10.1. The first-order chi connectivity index (χ1) is 13.2. The standard InChI is InChI=1S/C18H19F3N4O3S.ClH/c1-10-8-14(25(2)12-6-4-11(5-7-12)18(19,20)21)15(29(3,27)28)9-13(10)16(26)24-17(22)23;/h4-9H,1-3H3,(H4,22,23,24,26);1H/p-1. The van der Waals surface area contributed by atoms with E-state index < -0.39 is 33.4 Å². The average Bonchev–Trinajstić information content (AvgIpc) is 2.58. The zero-order valence-corrected chi connectivity index (χ0v) is 17.7. The predicted molar refractivity (Wildman–Crippen MR) is 104 cm³/mol. The van der Waals surface area contributed by atoms with Gasteiger partial charge in [0.15, 0.2) is 15.8 Å². The molecule has 0 spiro atoms. The Morgan fingerprint density at radius 2 is 1.63 bits per heavy atom. The molecule has 1 amide bonds. The van der Waals surface area contributed by atoms with Crippen molar-refractivity contribution in [3.8, 4) is 0 Å². The Morgan fingerprint density at radius 3 is 2.07 bits per heavy atom. The molecule has 12 heteroatoms. The molecule has 0 aliphatic heterocycles. The van der Waals surface area contributed by atoms with E-state index in [9.17, 15) is 26.4 Å². The fraction of sp³-hybridized carbons (Fsp3) is 0.222. The Kier molecular flexibility index (Phi) is 7.51. The highest BCUT2D eigenvalue weighted by atomic mass is 35.5. The molecule has 0 heterocycles. The highest BCUT2D eigenvalue weighted by Gasteiger charge is 2.30. The van der Waals surface area contributed by atoms with Crippen molar-refractivity contribution in [1.29, 1.82) is 0 Å². The van der Waals surface area contributed by atoms with E-state index in [1.54, 1.807) is 6.92 Å². The Morgan fingerprint density at radius 1 is 1.10 bits per heavy atom. The van der Waals surface area contributed by atoms with Gasteiger partial charge in [0.25, 0.3) is 5.91 Å². The zero-order valence-electron chi connectivity index (χ0n) is 16.2. The molecule has 2 rings (SSSR count). The van der Waals surface area contributed by atoms with Crippen molar-refractivity contribution < 1.29 is 38.8 Å². The van der Waals surface area contributed by atoms with Crippen molar-refractivity contribution in [1.82, 2.24) is 0 Å². The van der Waals surface area contributed by atoms with Crippen molar-refractivity contribution >= 4 is 33.1 Å². The summed E-state index contributed by atoms with van der Waals surface area (Å²) in [5, 5.41) is 0. The van der Waals surface area contributed by atoms with Crippen LogP contribution in [0.25, 0.3) is 0 Å². The minimum Gasteiger partial charge on any atom is -1.00 e. The van der Waals surface area contributed by atoms with Crippen molar-refractivity contribution in [3.05, 3.63) is 53.1 Å². The quantitative estimate of drug-likeness (QED) is 0.470. The van der Waals surface area contributed by atoms with Crippen LogP contribution in [-0.4, -0.2) is 33.6 Å². The number of carbonyl (C=O) groups excluding carboxylic acids is 1. The second-order valence-electron chi connectivity index (χ2n) is 6.35. The molecule has 30 heavy (non-hydrogen) atoms. The number of halogens is 4. The Balaban J connectivity index is 0.00000450. The SMILES string of the molecule is Cc1cc(N(C)c2ccc(C(F)(F)F)cc2)c(S(C)(=O)=O)cc1C(=O)N=C(N)N.[Cl-]. The van der Waals surface area contributed by atoms with Crippen LogP contribution in [0.5, 0.6) is 0 Å². The number of sulfone groups is 1. The number of anilines is 2. The summed E-state index contributed by atoms with van der Waals surface area (Å²) in [5.74, 6) is -1.28. The predicted octanol–water partition coefficient (Wildman–Crippen LogP) is -0.397. The largest absolute Gasteiger partial charge is 1.00 e. The van der Waals surface area contributed by atoms with Gasteiger partial charge in [-0.3, -0.25) is 4.79 Å². The lowest BCUT2D eigenvalue weighted by Gasteiger charge is -2.24. The van der Waals surface area contributed by atoms with Gasteiger partial charge in [-0.15, -0.1) is 0 Å². The fourth-order valence-corrected chi connectivity index (χ4v) is 3.56. The molecule has 0 unspecified atom stereocenters. The fourth-order valence-electron chi connectivity index (χ4n) is 2.65. The molecule has 0 radical (unpaired) electrons. The third-order valence-corrected chi connectivity index (χ3v) is 5.24. The molecule has 0 atom stereocenters. The Hall–Kier alpha value is -2.79. The van der Waals surface area contributed by atoms with Crippen molar-refractivity contribution in [2.75, 3.05) is 18.2 Å². The number of nitrogens with two attached hydrogens (primary N) is 2. The van der Waals surface area contributed by atoms with E-state index in [0.717, 1.165) is 24.5 Å². The molecule has 0 saturated heterocycles. The maximum Gasteiger partial charge on any atom is 0.416 e. The van der Waals surface area contributed by atoms with Gasteiger partial charge in [0.05, 0.1) is 16.1 Å². The van der Waals surface area contributed by atoms with Crippen molar-refractivity contribution in [2.24, 2.45) is 16.5 Å². The van der Waals surface area contributed by atoms with Crippen LogP contribution in [0.15, 0.2) is 46.3 Å². The summed E-state index contributed by atoms with van der Waals surface area (Å²) in [5.41, 5.74) is 10.5. The van der Waals surface area contributed by atoms with Gasteiger partial charge in [0, 0.05) is 24.6 Å². The summed E-state index contributed by atoms with van der Waals surface area (Å²) in [7, 11) is -2.30. The molecule has 0 aliphatic rings. The highest BCUT2D eigenvalue weighted by molar-refractivity contribution is 7.90. The number of alkyl halides is 3. The zero-order chi connectivity index (χ0) is 22.1. The topological polar surface area (TPSA) is 119 Å². The summed E-state index contributed by atoms with van der Waals surface area (Å²) in [4.78, 5) is 16.8. The van der Waals surface area contributed by atoms with E-state index in [1.807, 2.05) is 0 Å². The molecule has 0 bridgehead atoms. The number of carbonyl (C=O) groups is 1. The lowest BCUT2D eigenvalue weighted by Crippen LogP contribution is -3.00. The number of hydrogen-bond donors (Lipinski definition) is 2. The second-order valence-corrected chi connectivity index (χ2v) is 8.34. The Labute approximate surface area is 177 Å². The first-order valence-electron chi connectivity index (χ1n) is 8.11. The van der Waals surface area contributed by atoms with E-state index in [1.165, 1.54) is 30.1 Å². The molecule has 2 aromatic carbocycles. The van der Waals surface area contributed by atoms with Crippen molar-refractivity contribution in [3.63, 3.8) is 0 Å². The highest BCUT2D eigenvalue weighted by Crippen LogP contribution is 2.35. The third-order valence-electron chi connectivity index (χ3n) is 4.11. The van der Waals surface area contributed by atoms with E-state index >= 15 is 0 Å². The number of rotatable bonds is 4. The molecule has 164 valence electrons. The van der Waals surface area contributed by atoms with Gasteiger partial charge >= 0.3 is 6.18 Å². The molecule has 7 nitrogen and oxygen atoms in total. The minimum absolute atomic E-state index is 0. The maximum atomic E-state index is 12.8. The third kappa shape index (κ3) is 5.63. The Bertz CT molecular complexity index is 1080. The van der Waals surface area contributed by atoms with Gasteiger partial charge in [-0.05, 0) is 48.9 Å². The molecule has 0 fully saturated rings. The molecule has 2 aromatic rings.